The maximum atomic E-state index is 11.4. The molecule has 0 amide bonds. The van der Waals surface area contributed by atoms with E-state index in [1.807, 2.05) is 0 Å². The van der Waals surface area contributed by atoms with E-state index in [9.17, 15) is 8.42 Å². The zero-order chi connectivity index (χ0) is 15.3. The summed E-state index contributed by atoms with van der Waals surface area (Å²) in [6.45, 7) is 7.53. The van der Waals surface area contributed by atoms with Crippen LogP contribution in [0.5, 0.6) is 0 Å². The Hall–Kier alpha value is -0.0900. The third-order valence-corrected chi connectivity index (χ3v) is 5.97. The van der Waals surface area contributed by atoms with Crippen molar-refractivity contribution in [2.75, 3.05) is 38.5 Å². The maximum Gasteiger partial charge on any atom is 0.211 e. The van der Waals surface area contributed by atoms with Gasteiger partial charge < -0.3 is 10.2 Å². The van der Waals surface area contributed by atoms with Gasteiger partial charge >= 0.3 is 0 Å². The van der Waals surface area contributed by atoms with E-state index in [1.165, 1.54) is 25.7 Å². The first-order chi connectivity index (χ1) is 10.0. The second kappa shape index (κ2) is 8.68. The molecule has 130 valence electrons. The van der Waals surface area contributed by atoms with Crippen molar-refractivity contribution >= 4 is 40.0 Å². The van der Waals surface area contributed by atoms with E-state index in [1.54, 1.807) is 6.92 Å². The maximum absolute atomic E-state index is 11.4. The van der Waals surface area contributed by atoms with Crippen LogP contribution in [0.4, 0.5) is 0 Å². The average Bonchev–Trinajstić information content (AvgIpc) is 2.88. The highest BCUT2D eigenvalue weighted by Gasteiger charge is 2.43. The van der Waals surface area contributed by atoms with Crippen molar-refractivity contribution in [3.05, 3.63) is 0 Å². The lowest BCUT2D eigenvalue weighted by molar-refractivity contribution is 0.151. The summed E-state index contributed by atoms with van der Waals surface area (Å²) in [7, 11) is -3.12. The van der Waals surface area contributed by atoms with Gasteiger partial charge in [0.1, 0.15) is 0 Å². The Morgan fingerprint density at radius 3 is 2.50 bits per heavy atom. The topological polar surface area (TPSA) is 73.8 Å². The first-order valence-electron chi connectivity index (χ1n) is 8.01. The second-order valence-corrected chi connectivity index (χ2v) is 8.15. The minimum absolute atomic E-state index is 0. The fraction of sp³-hybridized carbons (Fsp3) is 0.929. The van der Waals surface area contributed by atoms with Crippen LogP contribution in [0.25, 0.3) is 0 Å². The number of sulfonamides is 1. The Morgan fingerprint density at radius 1 is 1.27 bits per heavy atom. The molecule has 0 bridgehead atoms. The molecule has 1 heterocycles. The molecule has 1 aliphatic heterocycles. The standard InChI is InChI=1S/C14H28N4O2S.HI/c1-3-15-13(16-9-10-17-21(19,20)4-2)18-11-8-14(12-18)6-5-7-14;/h17H,3-12H2,1-2H3,(H,15,16);1H. The van der Waals surface area contributed by atoms with Crippen LogP contribution >= 0.6 is 24.0 Å². The SMILES string of the molecule is CCNC(=NCCNS(=O)(=O)CC)N1CCC2(CCC2)C1.I. The molecule has 2 N–H and O–H groups in total. The normalized spacial score (nSPS) is 20.6. The molecule has 1 saturated heterocycles. The molecule has 1 spiro atoms. The number of hydrogen-bond donors (Lipinski definition) is 2. The number of aliphatic imine (C=N–C) groups is 1. The first-order valence-corrected chi connectivity index (χ1v) is 9.66. The molecule has 1 aliphatic carbocycles. The highest BCUT2D eigenvalue weighted by molar-refractivity contribution is 14.0. The number of hydrogen-bond acceptors (Lipinski definition) is 3. The van der Waals surface area contributed by atoms with E-state index < -0.39 is 10.0 Å². The van der Waals surface area contributed by atoms with Gasteiger partial charge in [-0.1, -0.05) is 6.42 Å². The van der Waals surface area contributed by atoms with Gasteiger partial charge in [-0.05, 0) is 38.5 Å². The van der Waals surface area contributed by atoms with Crippen LogP contribution in [0.1, 0.15) is 39.5 Å². The van der Waals surface area contributed by atoms with Crippen molar-refractivity contribution in [3.63, 3.8) is 0 Å². The molecular weight excluding hydrogens is 415 g/mol. The summed E-state index contributed by atoms with van der Waals surface area (Å²) < 4.78 is 25.3. The second-order valence-electron chi connectivity index (χ2n) is 6.06. The Kier molecular flexibility index (Phi) is 7.87. The van der Waals surface area contributed by atoms with Crippen LogP contribution in [0.15, 0.2) is 4.99 Å². The molecule has 1 saturated carbocycles. The highest BCUT2D eigenvalue weighted by atomic mass is 127. The lowest BCUT2D eigenvalue weighted by atomic mass is 9.68. The number of rotatable bonds is 6. The predicted molar refractivity (Wildman–Crippen MR) is 101 cm³/mol. The van der Waals surface area contributed by atoms with Crippen LogP contribution in [-0.2, 0) is 10.0 Å². The van der Waals surface area contributed by atoms with Crippen molar-refractivity contribution in [2.45, 2.75) is 39.5 Å². The first kappa shape index (κ1) is 20.0. The van der Waals surface area contributed by atoms with Crippen LogP contribution in [0.2, 0.25) is 0 Å². The van der Waals surface area contributed by atoms with E-state index in [4.69, 9.17) is 0 Å². The van der Waals surface area contributed by atoms with Crippen LogP contribution in [0, 0.1) is 5.41 Å². The molecule has 2 rings (SSSR count). The van der Waals surface area contributed by atoms with Gasteiger partial charge in [0.15, 0.2) is 5.96 Å². The number of likely N-dealkylation sites (tertiary alicyclic amines) is 1. The Morgan fingerprint density at radius 2 is 2.00 bits per heavy atom. The van der Waals surface area contributed by atoms with Crippen LogP contribution < -0.4 is 10.0 Å². The van der Waals surface area contributed by atoms with E-state index in [2.05, 4.69) is 26.9 Å². The van der Waals surface area contributed by atoms with Crippen molar-refractivity contribution in [2.24, 2.45) is 10.4 Å². The fourth-order valence-electron chi connectivity index (χ4n) is 3.09. The molecule has 0 aromatic heterocycles. The molecule has 8 heteroatoms. The summed E-state index contributed by atoms with van der Waals surface area (Å²) in [5, 5.41) is 3.32. The van der Waals surface area contributed by atoms with Crippen molar-refractivity contribution < 1.29 is 8.42 Å². The molecule has 0 aromatic carbocycles. The zero-order valence-corrected chi connectivity index (χ0v) is 16.7. The zero-order valence-electron chi connectivity index (χ0n) is 13.6. The number of guanidine groups is 1. The number of nitrogens with zero attached hydrogens (tertiary/aromatic N) is 2. The smallest absolute Gasteiger partial charge is 0.211 e. The molecule has 0 unspecified atom stereocenters. The van der Waals surface area contributed by atoms with E-state index in [0.717, 1.165) is 25.6 Å². The Labute approximate surface area is 151 Å². The number of nitrogens with one attached hydrogen (secondary N) is 2. The molecule has 2 fully saturated rings. The van der Waals surface area contributed by atoms with Gasteiger partial charge in [-0.15, -0.1) is 24.0 Å². The molecule has 2 aliphatic rings. The predicted octanol–water partition coefficient (Wildman–Crippen LogP) is 1.39. The fourth-order valence-corrected chi connectivity index (χ4v) is 3.70. The molecule has 0 radical (unpaired) electrons. The van der Waals surface area contributed by atoms with Gasteiger partial charge in [0.2, 0.25) is 10.0 Å². The molecule has 22 heavy (non-hydrogen) atoms. The Balaban J connectivity index is 0.00000242. The monoisotopic (exact) mass is 444 g/mol. The molecule has 0 atom stereocenters. The molecule has 6 nitrogen and oxygen atoms in total. The average molecular weight is 444 g/mol. The summed E-state index contributed by atoms with van der Waals surface area (Å²) in [6.07, 6.45) is 5.32. The molecular formula is C14H29IN4O2S. The van der Waals surface area contributed by atoms with Gasteiger partial charge in [0.25, 0.3) is 0 Å². The van der Waals surface area contributed by atoms with Gasteiger partial charge in [-0.3, -0.25) is 4.99 Å². The van der Waals surface area contributed by atoms with Crippen LogP contribution in [0.3, 0.4) is 0 Å². The summed E-state index contributed by atoms with van der Waals surface area (Å²) in [6, 6.07) is 0. The van der Waals surface area contributed by atoms with Crippen LogP contribution in [-0.4, -0.2) is 57.8 Å². The van der Waals surface area contributed by atoms with E-state index in [0.29, 0.717) is 18.5 Å². The third-order valence-electron chi connectivity index (χ3n) is 4.56. The summed E-state index contributed by atoms with van der Waals surface area (Å²) in [4.78, 5) is 6.89. The lowest BCUT2D eigenvalue weighted by Crippen LogP contribution is -2.43. The van der Waals surface area contributed by atoms with Gasteiger partial charge in [0.05, 0.1) is 12.3 Å². The van der Waals surface area contributed by atoms with Gasteiger partial charge in [0, 0.05) is 26.2 Å². The minimum atomic E-state index is -3.12. The van der Waals surface area contributed by atoms with Gasteiger partial charge in [-0.2, -0.15) is 0 Å². The minimum Gasteiger partial charge on any atom is -0.357 e. The van der Waals surface area contributed by atoms with Crippen molar-refractivity contribution in [3.8, 4) is 0 Å². The quantitative estimate of drug-likeness (QED) is 0.281. The molecule has 0 aromatic rings. The summed E-state index contributed by atoms with van der Waals surface area (Å²) in [5.41, 5.74) is 0.542. The Bertz CT molecular complexity index is 477. The van der Waals surface area contributed by atoms with E-state index in [-0.39, 0.29) is 29.7 Å². The third kappa shape index (κ3) is 5.23. The van der Waals surface area contributed by atoms with E-state index >= 15 is 0 Å². The van der Waals surface area contributed by atoms with Gasteiger partial charge in [-0.25, -0.2) is 13.1 Å². The highest BCUT2D eigenvalue weighted by Crippen LogP contribution is 2.47. The largest absolute Gasteiger partial charge is 0.357 e. The van der Waals surface area contributed by atoms with Crippen molar-refractivity contribution in [1.82, 2.24) is 14.9 Å². The summed E-state index contributed by atoms with van der Waals surface area (Å²) >= 11 is 0. The number of halogens is 1. The summed E-state index contributed by atoms with van der Waals surface area (Å²) in [5.74, 6) is 1.04. The lowest BCUT2D eigenvalue weighted by Gasteiger charge is -2.38. The van der Waals surface area contributed by atoms with Crippen molar-refractivity contribution in [1.29, 1.82) is 0 Å².